The summed E-state index contributed by atoms with van der Waals surface area (Å²) in [6.07, 6.45) is 8.06. The van der Waals surface area contributed by atoms with Crippen LogP contribution in [0.3, 0.4) is 0 Å². The molecule has 1 aromatic rings. The molecule has 0 amide bonds. The summed E-state index contributed by atoms with van der Waals surface area (Å²) in [6.45, 7) is 3.28. The Kier molecular flexibility index (Phi) is 2.99. The van der Waals surface area contributed by atoms with Crippen LogP contribution in [0.25, 0.3) is 0 Å². The molecule has 1 aromatic heterocycles. The van der Waals surface area contributed by atoms with Gasteiger partial charge in [0.15, 0.2) is 0 Å². The Bertz CT molecular complexity index is 347. The van der Waals surface area contributed by atoms with Gasteiger partial charge in [-0.05, 0) is 38.5 Å². The van der Waals surface area contributed by atoms with Gasteiger partial charge in [-0.25, -0.2) is 4.98 Å². The summed E-state index contributed by atoms with van der Waals surface area (Å²) in [4.78, 5) is 6.26. The molecule has 1 saturated carbocycles. The first-order chi connectivity index (χ1) is 7.81. The highest BCUT2D eigenvalue weighted by molar-refractivity contribution is 7.11. The minimum atomic E-state index is 0.659. The average Bonchev–Trinajstić information content (AvgIpc) is 2.82. The lowest BCUT2D eigenvalue weighted by atomic mass is 10.1. The number of thiazole rings is 1. The zero-order chi connectivity index (χ0) is 11.0. The van der Waals surface area contributed by atoms with Crippen molar-refractivity contribution in [3.8, 4) is 0 Å². The Morgan fingerprint density at radius 1 is 1.44 bits per heavy atom. The van der Waals surface area contributed by atoms with E-state index in [1.165, 1.54) is 49.2 Å². The normalized spacial score (nSPS) is 21.1. The summed E-state index contributed by atoms with van der Waals surface area (Å²) in [5.74, 6) is 1.02. The first-order valence-electron chi connectivity index (χ1n) is 6.52. The van der Waals surface area contributed by atoms with Crippen LogP contribution in [0.1, 0.15) is 48.2 Å². The molecule has 1 unspecified atom stereocenters. The summed E-state index contributed by atoms with van der Waals surface area (Å²) in [5.41, 5.74) is 1.39. The molecule has 1 atom stereocenters. The third-order valence-electron chi connectivity index (χ3n) is 3.63. The number of nitrogens with zero attached hydrogens (tertiary/aromatic N) is 1. The Hall–Kier alpha value is -0.410. The van der Waals surface area contributed by atoms with Crippen molar-refractivity contribution in [3.05, 3.63) is 15.6 Å². The van der Waals surface area contributed by atoms with Crippen molar-refractivity contribution in [2.75, 3.05) is 0 Å². The predicted octanol–water partition coefficient (Wildman–Crippen LogP) is 2.91. The van der Waals surface area contributed by atoms with E-state index in [-0.39, 0.29) is 0 Å². The molecular weight excluding hydrogens is 216 g/mol. The van der Waals surface area contributed by atoms with Crippen molar-refractivity contribution in [3.63, 3.8) is 0 Å². The second kappa shape index (κ2) is 4.46. The molecule has 2 aliphatic rings. The standard InChI is InChI=1S/C13H20N2S/c1-9(7-10-5-6-10)14-8-13-15-11-3-2-4-12(11)16-13/h9-10,14H,2-8H2,1H3. The van der Waals surface area contributed by atoms with Gasteiger partial charge in [0.2, 0.25) is 0 Å². The fourth-order valence-corrected chi connectivity index (χ4v) is 3.63. The maximum absolute atomic E-state index is 4.71. The summed E-state index contributed by atoms with van der Waals surface area (Å²) >= 11 is 1.92. The second-order valence-corrected chi connectivity index (χ2v) is 6.46. The summed E-state index contributed by atoms with van der Waals surface area (Å²) in [5, 5.41) is 4.91. The van der Waals surface area contributed by atoms with Gasteiger partial charge in [-0.1, -0.05) is 12.8 Å². The van der Waals surface area contributed by atoms with E-state index in [4.69, 9.17) is 4.98 Å². The number of hydrogen-bond acceptors (Lipinski definition) is 3. The highest BCUT2D eigenvalue weighted by atomic mass is 32.1. The van der Waals surface area contributed by atoms with Crippen LogP contribution in [0.2, 0.25) is 0 Å². The van der Waals surface area contributed by atoms with E-state index < -0.39 is 0 Å². The van der Waals surface area contributed by atoms with Gasteiger partial charge < -0.3 is 5.32 Å². The first kappa shape index (κ1) is 10.7. The van der Waals surface area contributed by atoms with E-state index in [1.807, 2.05) is 11.3 Å². The van der Waals surface area contributed by atoms with Gasteiger partial charge in [-0.15, -0.1) is 11.3 Å². The molecule has 1 heterocycles. The molecule has 0 radical (unpaired) electrons. The van der Waals surface area contributed by atoms with Crippen LogP contribution in [0, 0.1) is 5.92 Å². The molecule has 0 spiro atoms. The van der Waals surface area contributed by atoms with E-state index in [2.05, 4.69) is 12.2 Å². The maximum Gasteiger partial charge on any atom is 0.107 e. The third kappa shape index (κ3) is 2.46. The molecule has 2 nitrogen and oxygen atoms in total. The molecule has 1 fully saturated rings. The minimum absolute atomic E-state index is 0.659. The average molecular weight is 236 g/mol. The Labute approximate surface area is 101 Å². The van der Waals surface area contributed by atoms with Crippen molar-refractivity contribution in [1.82, 2.24) is 10.3 Å². The molecule has 1 N–H and O–H groups in total. The van der Waals surface area contributed by atoms with Crippen LogP contribution in [-0.4, -0.2) is 11.0 Å². The minimum Gasteiger partial charge on any atom is -0.308 e. The lowest BCUT2D eigenvalue weighted by Crippen LogP contribution is -2.25. The zero-order valence-corrected chi connectivity index (χ0v) is 10.8. The second-order valence-electron chi connectivity index (χ2n) is 5.29. The highest BCUT2D eigenvalue weighted by Gasteiger charge is 2.23. The van der Waals surface area contributed by atoms with Crippen LogP contribution < -0.4 is 5.32 Å². The number of fused-ring (bicyclic) bond motifs is 1. The van der Waals surface area contributed by atoms with Gasteiger partial charge in [-0.3, -0.25) is 0 Å². The maximum atomic E-state index is 4.71. The molecule has 0 saturated heterocycles. The van der Waals surface area contributed by atoms with Crippen molar-refractivity contribution in [2.45, 2.75) is 58.0 Å². The molecule has 88 valence electrons. The molecule has 3 rings (SSSR count). The molecule has 16 heavy (non-hydrogen) atoms. The smallest absolute Gasteiger partial charge is 0.107 e. The Morgan fingerprint density at radius 2 is 2.31 bits per heavy atom. The summed E-state index contributed by atoms with van der Waals surface area (Å²) in [7, 11) is 0. The number of nitrogens with one attached hydrogen (secondary N) is 1. The highest BCUT2D eigenvalue weighted by Crippen LogP contribution is 2.33. The molecule has 3 heteroatoms. The fraction of sp³-hybridized carbons (Fsp3) is 0.769. The van der Waals surface area contributed by atoms with Gasteiger partial charge in [0, 0.05) is 17.5 Å². The zero-order valence-electron chi connectivity index (χ0n) is 9.96. The quantitative estimate of drug-likeness (QED) is 0.850. The number of hydrogen-bond donors (Lipinski definition) is 1. The van der Waals surface area contributed by atoms with Crippen molar-refractivity contribution < 1.29 is 0 Å². The number of aromatic nitrogens is 1. The van der Waals surface area contributed by atoms with E-state index in [0.717, 1.165) is 12.5 Å². The van der Waals surface area contributed by atoms with E-state index in [0.29, 0.717) is 6.04 Å². The number of aryl methyl sites for hydroxylation is 2. The van der Waals surface area contributed by atoms with Gasteiger partial charge in [-0.2, -0.15) is 0 Å². The predicted molar refractivity (Wildman–Crippen MR) is 67.8 cm³/mol. The van der Waals surface area contributed by atoms with Crippen LogP contribution in [0.4, 0.5) is 0 Å². The van der Waals surface area contributed by atoms with Crippen molar-refractivity contribution in [1.29, 1.82) is 0 Å². The van der Waals surface area contributed by atoms with Crippen LogP contribution >= 0.6 is 11.3 Å². The number of rotatable bonds is 5. The van der Waals surface area contributed by atoms with E-state index in [9.17, 15) is 0 Å². The van der Waals surface area contributed by atoms with Crippen LogP contribution in [0.15, 0.2) is 0 Å². The summed E-state index contributed by atoms with van der Waals surface area (Å²) < 4.78 is 0. The SMILES string of the molecule is CC(CC1CC1)NCc1nc2c(s1)CCC2. The van der Waals surface area contributed by atoms with Crippen LogP contribution in [0.5, 0.6) is 0 Å². The third-order valence-corrected chi connectivity index (χ3v) is 4.78. The summed E-state index contributed by atoms with van der Waals surface area (Å²) in [6, 6.07) is 0.659. The van der Waals surface area contributed by atoms with Crippen molar-refractivity contribution in [2.24, 2.45) is 5.92 Å². The first-order valence-corrected chi connectivity index (χ1v) is 7.34. The van der Waals surface area contributed by atoms with E-state index >= 15 is 0 Å². The van der Waals surface area contributed by atoms with Crippen LogP contribution in [-0.2, 0) is 19.4 Å². The molecular formula is C13H20N2S. The largest absolute Gasteiger partial charge is 0.308 e. The molecule has 0 bridgehead atoms. The van der Waals surface area contributed by atoms with Gasteiger partial charge in [0.05, 0.1) is 5.69 Å². The molecule has 2 aliphatic carbocycles. The monoisotopic (exact) mass is 236 g/mol. The van der Waals surface area contributed by atoms with Gasteiger partial charge >= 0.3 is 0 Å². The van der Waals surface area contributed by atoms with Gasteiger partial charge in [0.1, 0.15) is 5.01 Å². The Balaban J connectivity index is 1.49. The van der Waals surface area contributed by atoms with E-state index in [1.54, 1.807) is 4.88 Å². The fourth-order valence-electron chi connectivity index (χ4n) is 2.52. The lowest BCUT2D eigenvalue weighted by Gasteiger charge is -2.11. The molecule has 0 aromatic carbocycles. The lowest BCUT2D eigenvalue weighted by molar-refractivity contribution is 0.486. The molecule has 0 aliphatic heterocycles. The van der Waals surface area contributed by atoms with Gasteiger partial charge in [0.25, 0.3) is 0 Å². The topological polar surface area (TPSA) is 24.9 Å². The van der Waals surface area contributed by atoms with Crippen molar-refractivity contribution >= 4 is 11.3 Å². The Morgan fingerprint density at radius 3 is 3.06 bits per heavy atom.